The minimum Gasteiger partial charge on any atom is -0.386 e. The average molecular weight is 461 g/mol. The number of nitrogens with zero attached hydrogens (tertiary/aromatic N) is 3. The Hall–Kier alpha value is -2.76. The van der Waals surface area contributed by atoms with Crippen LogP contribution in [0.2, 0.25) is 0 Å². The van der Waals surface area contributed by atoms with E-state index in [1.807, 2.05) is 10.8 Å². The van der Waals surface area contributed by atoms with E-state index in [9.17, 15) is 10.2 Å². The molecule has 3 aromatic rings. The Bertz CT molecular complexity index is 1250. The summed E-state index contributed by atoms with van der Waals surface area (Å²) in [6.45, 7) is 16.6. The molecule has 5 nitrogen and oxygen atoms in total. The van der Waals surface area contributed by atoms with Gasteiger partial charge >= 0.3 is 0 Å². The summed E-state index contributed by atoms with van der Waals surface area (Å²) in [4.78, 5) is 0. The molecule has 1 aliphatic rings. The Morgan fingerprint density at radius 2 is 1.41 bits per heavy atom. The first-order valence-corrected chi connectivity index (χ1v) is 12.2. The van der Waals surface area contributed by atoms with Crippen molar-refractivity contribution >= 4 is 6.08 Å². The Morgan fingerprint density at radius 3 is 1.94 bits per heavy atom. The summed E-state index contributed by atoms with van der Waals surface area (Å²) in [5.74, 6) is 1.54. The second kappa shape index (κ2) is 8.47. The van der Waals surface area contributed by atoms with Crippen LogP contribution in [0.25, 0.3) is 11.8 Å². The fourth-order valence-corrected chi connectivity index (χ4v) is 5.51. The predicted octanol–water partition coefficient (Wildman–Crippen LogP) is 4.63. The lowest BCUT2D eigenvalue weighted by Gasteiger charge is -2.34. The first-order chi connectivity index (χ1) is 15.8. The molecule has 1 atom stereocenters. The van der Waals surface area contributed by atoms with Crippen LogP contribution < -0.4 is 4.57 Å². The number of fused-ring (bicyclic) bond motifs is 1. The standard InChI is InChI=1S/C29H38N3O2/c1-18-14-20(3)24(21(4)15-18)11-12-29(34,28(7,8)33)27-31-13-9-10-25(31)30-32(27)26-22(5)16-19(2)17-23(26)6/h11-12,14-17,33-34H,9-10,13H2,1-8H3/q+1/b12-11+. The van der Waals surface area contributed by atoms with E-state index in [0.717, 1.165) is 58.7 Å². The largest absolute Gasteiger partial charge is 0.386 e. The SMILES string of the molecule is Cc1cc(C)c(/C=C/C(O)(c2n(-c3c(C)cc(C)cc3C)nc3[n+]2CCC3)C(C)(C)O)c(C)c1. The molecule has 1 aromatic heterocycles. The third-order valence-electron chi connectivity index (χ3n) is 7.12. The summed E-state index contributed by atoms with van der Waals surface area (Å²) in [6.07, 6.45) is 5.54. The molecule has 0 saturated carbocycles. The summed E-state index contributed by atoms with van der Waals surface area (Å²) < 4.78 is 3.96. The molecule has 0 saturated heterocycles. The van der Waals surface area contributed by atoms with Crippen molar-refractivity contribution in [3.8, 4) is 5.69 Å². The lowest BCUT2D eigenvalue weighted by atomic mass is 9.83. The minimum atomic E-state index is -1.67. The van der Waals surface area contributed by atoms with Crippen molar-refractivity contribution in [2.45, 2.75) is 86.0 Å². The molecule has 0 amide bonds. The molecule has 2 aromatic carbocycles. The summed E-state index contributed by atoms with van der Waals surface area (Å²) in [7, 11) is 0. The van der Waals surface area contributed by atoms with Crippen LogP contribution in [0, 0.1) is 41.5 Å². The van der Waals surface area contributed by atoms with Crippen molar-refractivity contribution in [3.05, 3.63) is 80.9 Å². The van der Waals surface area contributed by atoms with E-state index < -0.39 is 11.2 Å². The molecule has 0 bridgehead atoms. The van der Waals surface area contributed by atoms with E-state index in [1.165, 1.54) is 11.1 Å². The third-order valence-corrected chi connectivity index (χ3v) is 7.12. The zero-order valence-corrected chi connectivity index (χ0v) is 21.8. The van der Waals surface area contributed by atoms with Crippen molar-refractivity contribution in [1.82, 2.24) is 9.78 Å². The fraction of sp³-hybridized carbons (Fsp3) is 0.448. The molecule has 2 N–H and O–H groups in total. The first kappa shape index (κ1) is 24.4. The molecule has 0 radical (unpaired) electrons. The average Bonchev–Trinajstić information content (AvgIpc) is 3.26. The molecule has 0 spiro atoms. The van der Waals surface area contributed by atoms with Crippen molar-refractivity contribution in [1.29, 1.82) is 0 Å². The number of aryl methyl sites for hydroxylation is 7. The van der Waals surface area contributed by atoms with Gasteiger partial charge in [0.25, 0.3) is 11.6 Å². The van der Waals surface area contributed by atoms with Gasteiger partial charge in [0.2, 0.25) is 5.60 Å². The number of hydrogen-bond donors (Lipinski definition) is 2. The molecular formula is C29H38N3O2+. The summed E-state index contributed by atoms with van der Waals surface area (Å²) >= 11 is 0. The minimum absolute atomic E-state index is 0.598. The Labute approximate surface area is 203 Å². The molecule has 5 heteroatoms. The van der Waals surface area contributed by atoms with Crippen molar-refractivity contribution in [2.75, 3.05) is 0 Å². The number of hydrogen-bond acceptors (Lipinski definition) is 3. The maximum Gasteiger partial charge on any atom is 0.281 e. The molecule has 1 unspecified atom stereocenters. The van der Waals surface area contributed by atoms with Gasteiger partial charge in [-0.3, -0.25) is 0 Å². The second-order valence-corrected chi connectivity index (χ2v) is 10.6. The van der Waals surface area contributed by atoms with Crippen LogP contribution >= 0.6 is 0 Å². The van der Waals surface area contributed by atoms with Gasteiger partial charge in [0.05, 0.1) is 6.54 Å². The highest BCUT2D eigenvalue weighted by molar-refractivity contribution is 5.60. The molecule has 1 aliphatic heterocycles. The maximum atomic E-state index is 12.3. The van der Waals surface area contributed by atoms with Crippen molar-refractivity contribution in [3.63, 3.8) is 0 Å². The summed E-state index contributed by atoms with van der Waals surface area (Å²) in [5, 5.41) is 28.7. The molecule has 34 heavy (non-hydrogen) atoms. The Morgan fingerprint density at radius 1 is 0.882 bits per heavy atom. The van der Waals surface area contributed by atoms with E-state index in [4.69, 9.17) is 5.10 Å². The van der Waals surface area contributed by atoms with Gasteiger partial charge in [0.15, 0.2) is 0 Å². The van der Waals surface area contributed by atoms with E-state index in [1.54, 1.807) is 19.9 Å². The second-order valence-electron chi connectivity index (χ2n) is 10.6. The third kappa shape index (κ3) is 4.01. The lowest BCUT2D eigenvalue weighted by molar-refractivity contribution is -0.705. The first-order valence-electron chi connectivity index (χ1n) is 12.2. The Balaban J connectivity index is 1.99. The van der Waals surface area contributed by atoms with Crippen LogP contribution in [0.5, 0.6) is 0 Å². The van der Waals surface area contributed by atoms with E-state index in [2.05, 4.69) is 70.4 Å². The van der Waals surface area contributed by atoms with E-state index >= 15 is 0 Å². The van der Waals surface area contributed by atoms with E-state index in [-0.39, 0.29) is 0 Å². The normalized spacial score (nSPS) is 15.7. The molecular weight excluding hydrogens is 422 g/mol. The number of aromatic nitrogens is 3. The molecule has 0 aliphatic carbocycles. The quantitative estimate of drug-likeness (QED) is 0.546. The maximum absolute atomic E-state index is 12.3. The fourth-order valence-electron chi connectivity index (χ4n) is 5.51. The number of benzene rings is 2. The van der Waals surface area contributed by atoms with Crippen LogP contribution in [0.1, 0.15) is 70.9 Å². The van der Waals surface area contributed by atoms with Crippen LogP contribution in [0.15, 0.2) is 30.3 Å². The lowest BCUT2D eigenvalue weighted by Crippen LogP contribution is -2.55. The molecule has 4 rings (SSSR count). The van der Waals surface area contributed by atoms with Gasteiger partial charge in [-0.2, -0.15) is 0 Å². The zero-order chi connectivity index (χ0) is 25.0. The molecule has 180 valence electrons. The highest BCUT2D eigenvalue weighted by Crippen LogP contribution is 2.37. The van der Waals surface area contributed by atoms with Gasteiger partial charge < -0.3 is 10.2 Å². The van der Waals surface area contributed by atoms with Gasteiger partial charge in [-0.1, -0.05) is 46.2 Å². The molecule has 0 fully saturated rings. The van der Waals surface area contributed by atoms with Crippen LogP contribution in [-0.4, -0.2) is 25.6 Å². The van der Waals surface area contributed by atoms with Gasteiger partial charge in [-0.05, 0) is 95.7 Å². The topological polar surface area (TPSA) is 62.2 Å². The van der Waals surface area contributed by atoms with Gasteiger partial charge in [0, 0.05) is 11.5 Å². The number of rotatable bonds is 5. The smallest absolute Gasteiger partial charge is 0.281 e. The van der Waals surface area contributed by atoms with Crippen LogP contribution in [0.3, 0.4) is 0 Å². The van der Waals surface area contributed by atoms with Crippen LogP contribution in [-0.2, 0) is 18.6 Å². The predicted molar refractivity (Wildman–Crippen MR) is 136 cm³/mol. The highest BCUT2D eigenvalue weighted by Gasteiger charge is 2.52. The van der Waals surface area contributed by atoms with Gasteiger partial charge in [0.1, 0.15) is 11.3 Å². The monoisotopic (exact) mass is 460 g/mol. The molecule has 2 heterocycles. The Kier molecular flexibility index (Phi) is 6.07. The van der Waals surface area contributed by atoms with Crippen LogP contribution in [0.4, 0.5) is 0 Å². The number of aliphatic hydroxyl groups is 2. The zero-order valence-electron chi connectivity index (χ0n) is 21.8. The van der Waals surface area contributed by atoms with Gasteiger partial charge in [-0.25, -0.2) is 4.57 Å². The summed E-state index contributed by atoms with van der Waals surface area (Å²) in [6, 6.07) is 8.57. The van der Waals surface area contributed by atoms with E-state index in [0.29, 0.717) is 5.82 Å². The van der Waals surface area contributed by atoms with Gasteiger partial charge in [-0.15, -0.1) is 0 Å². The van der Waals surface area contributed by atoms with Crippen molar-refractivity contribution < 1.29 is 14.8 Å². The highest BCUT2D eigenvalue weighted by atomic mass is 16.4. The summed E-state index contributed by atoms with van der Waals surface area (Å²) in [5.41, 5.74) is 5.76. The van der Waals surface area contributed by atoms with Crippen molar-refractivity contribution in [2.24, 2.45) is 0 Å².